The van der Waals surface area contributed by atoms with Gasteiger partial charge in [-0.1, -0.05) is 11.8 Å². The van der Waals surface area contributed by atoms with Gasteiger partial charge in [-0.15, -0.1) is 18.3 Å². The zero-order valence-corrected chi connectivity index (χ0v) is 7.03. The Hall–Kier alpha value is -0.770. The minimum absolute atomic E-state index is 0.808. The fourth-order valence-electron chi connectivity index (χ4n) is 0.413. The maximum absolute atomic E-state index is 4.03. The van der Waals surface area contributed by atoms with E-state index in [0.717, 1.165) is 11.0 Å². The third-order valence-corrected chi connectivity index (χ3v) is 1.31. The van der Waals surface area contributed by atoms with Crippen LogP contribution < -0.4 is 0 Å². The van der Waals surface area contributed by atoms with Crippen LogP contribution in [0.15, 0.2) is 18.3 Å². The largest absolute Gasteiger partial charge is 0.262 e. The number of nitrogens with zero attached hydrogens (tertiary/aromatic N) is 2. The van der Waals surface area contributed by atoms with Gasteiger partial charge in [0.1, 0.15) is 5.82 Å². The Balaban J connectivity index is 0.000000371. The number of hydrogen-bond acceptors (Lipinski definition) is 3. The Bertz CT molecular complexity index is 185. The molecule has 0 aliphatic carbocycles. The van der Waals surface area contributed by atoms with Crippen LogP contribution in [0.2, 0.25) is 0 Å². The van der Waals surface area contributed by atoms with Gasteiger partial charge in [-0.3, -0.25) is 5.10 Å². The summed E-state index contributed by atoms with van der Waals surface area (Å²) in [7, 11) is 0. The summed E-state index contributed by atoms with van der Waals surface area (Å²) in [6, 6.07) is 0. The molecule has 1 aromatic rings. The van der Waals surface area contributed by atoms with E-state index in [1.807, 2.05) is 13.2 Å². The van der Waals surface area contributed by atoms with Crippen molar-refractivity contribution in [2.45, 2.75) is 12.1 Å². The molecule has 0 aromatic carbocycles. The minimum atomic E-state index is 0.808. The lowest BCUT2D eigenvalue weighted by molar-refractivity contribution is 0.972. The van der Waals surface area contributed by atoms with Gasteiger partial charge in [-0.2, -0.15) is 0 Å². The standard InChI is InChI=1S/C4H7N3S.C2H4/c1-3-5-4(8-2)7-6-3;1-2/h1-2H3,(H,5,6,7);1-2H2. The molecule has 0 unspecified atom stereocenters. The molecule has 1 rings (SSSR count). The molecule has 10 heavy (non-hydrogen) atoms. The van der Waals surface area contributed by atoms with Gasteiger partial charge in [0.25, 0.3) is 0 Å². The predicted octanol–water partition coefficient (Wildman–Crippen LogP) is 1.64. The summed E-state index contributed by atoms with van der Waals surface area (Å²) in [5.74, 6) is 0.870. The number of hydrogen-bond donors (Lipinski definition) is 1. The van der Waals surface area contributed by atoms with Gasteiger partial charge >= 0.3 is 0 Å². The number of aromatic nitrogens is 3. The van der Waals surface area contributed by atoms with Crippen molar-refractivity contribution in [2.24, 2.45) is 0 Å². The van der Waals surface area contributed by atoms with Crippen molar-refractivity contribution >= 4 is 11.8 Å². The Kier molecular flexibility index (Phi) is 4.66. The van der Waals surface area contributed by atoms with E-state index in [-0.39, 0.29) is 0 Å². The summed E-state index contributed by atoms with van der Waals surface area (Å²) < 4.78 is 0. The molecule has 0 spiro atoms. The summed E-state index contributed by atoms with van der Waals surface area (Å²) in [5, 5.41) is 7.41. The summed E-state index contributed by atoms with van der Waals surface area (Å²) in [4.78, 5) is 4.03. The second-order valence-electron chi connectivity index (χ2n) is 1.41. The predicted molar refractivity (Wildman–Crippen MR) is 44.2 cm³/mol. The molecule has 4 heteroatoms. The first-order valence-electron chi connectivity index (χ1n) is 2.76. The molecule has 0 aliphatic heterocycles. The molecule has 0 fully saturated rings. The Morgan fingerprint density at radius 3 is 2.30 bits per heavy atom. The molecule has 0 amide bonds. The molecule has 0 atom stereocenters. The van der Waals surface area contributed by atoms with Crippen molar-refractivity contribution in [1.82, 2.24) is 15.2 Å². The van der Waals surface area contributed by atoms with Gasteiger partial charge in [0.05, 0.1) is 0 Å². The van der Waals surface area contributed by atoms with E-state index in [4.69, 9.17) is 0 Å². The number of aromatic amines is 1. The Labute approximate surface area is 64.9 Å². The van der Waals surface area contributed by atoms with E-state index in [0.29, 0.717) is 0 Å². The fraction of sp³-hybridized carbons (Fsp3) is 0.333. The maximum Gasteiger partial charge on any atom is 0.208 e. The average molecular weight is 157 g/mol. The zero-order chi connectivity index (χ0) is 7.98. The van der Waals surface area contributed by atoms with Crippen molar-refractivity contribution in [3.05, 3.63) is 19.0 Å². The molecule has 0 bridgehead atoms. The van der Waals surface area contributed by atoms with Crippen LogP contribution in [0, 0.1) is 6.92 Å². The SMILES string of the molecule is C=C.CSc1n[nH]c(C)n1. The van der Waals surface area contributed by atoms with Crippen LogP contribution in [0.4, 0.5) is 0 Å². The van der Waals surface area contributed by atoms with Gasteiger partial charge in [0, 0.05) is 0 Å². The maximum atomic E-state index is 4.03. The van der Waals surface area contributed by atoms with E-state index < -0.39 is 0 Å². The molecular formula is C6H11N3S. The van der Waals surface area contributed by atoms with E-state index >= 15 is 0 Å². The first-order chi connectivity index (χ1) is 4.83. The van der Waals surface area contributed by atoms with Gasteiger partial charge in [-0.05, 0) is 13.2 Å². The molecule has 0 aliphatic rings. The number of H-pyrrole nitrogens is 1. The summed E-state index contributed by atoms with van der Waals surface area (Å²) in [6.07, 6.45) is 1.95. The van der Waals surface area contributed by atoms with E-state index in [9.17, 15) is 0 Å². The highest BCUT2D eigenvalue weighted by Gasteiger charge is 1.92. The van der Waals surface area contributed by atoms with Crippen molar-refractivity contribution in [1.29, 1.82) is 0 Å². The monoisotopic (exact) mass is 157 g/mol. The second kappa shape index (κ2) is 5.05. The molecule has 1 aromatic heterocycles. The number of nitrogens with one attached hydrogen (secondary N) is 1. The Morgan fingerprint density at radius 1 is 1.50 bits per heavy atom. The second-order valence-corrected chi connectivity index (χ2v) is 2.18. The highest BCUT2D eigenvalue weighted by atomic mass is 32.2. The fourth-order valence-corrected chi connectivity index (χ4v) is 0.779. The van der Waals surface area contributed by atoms with Crippen molar-refractivity contribution in [2.75, 3.05) is 6.26 Å². The van der Waals surface area contributed by atoms with E-state index in [2.05, 4.69) is 28.3 Å². The summed E-state index contributed by atoms with van der Waals surface area (Å²) in [6.45, 7) is 7.88. The smallest absolute Gasteiger partial charge is 0.208 e. The van der Waals surface area contributed by atoms with Gasteiger partial charge < -0.3 is 0 Å². The number of rotatable bonds is 1. The molecule has 1 N–H and O–H groups in total. The van der Waals surface area contributed by atoms with Crippen LogP contribution in [0.5, 0.6) is 0 Å². The third kappa shape index (κ3) is 2.68. The van der Waals surface area contributed by atoms with Crippen molar-refractivity contribution in [3.8, 4) is 0 Å². The molecule has 3 nitrogen and oxygen atoms in total. The van der Waals surface area contributed by atoms with Crippen LogP contribution in [0.25, 0.3) is 0 Å². The first-order valence-corrected chi connectivity index (χ1v) is 3.98. The molecule has 56 valence electrons. The highest BCUT2D eigenvalue weighted by Crippen LogP contribution is 2.04. The lowest BCUT2D eigenvalue weighted by Gasteiger charge is -1.76. The average Bonchev–Trinajstić information content (AvgIpc) is 2.40. The van der Waals surface area contributed by atoms with Crippen LogP contribution in [-0.2, 0) is 0 Å². The van der Waals surface area contributed by atoms with E-state index in [1.54, 1.807) is 0 Å². The van der Waals surface area contributed by atoms with Crippen molar-refractivity contribution in [3.63, 3.8) is 0 Å². The first kappa shape index (κ1) is 9.23. The topological polar surface area (TPSA) is 41.6 Å². The summed E-state index contributed by atoms with van der Waals surface area (Å²) >= 11 is 1.54. The summed E-state index contributed by atoms with van der Waals surface area (Å²) in [5.41, 5.74) is 0. The zero-order valence-electron chi connectivity index (χ0n) is 6.22. The molecular weight excluding hydrogens is 146 g/mol. The van der Waals surface area contributed by atoms with Crippen LogP contribution in [0.1, 0.15) is 5.82 Å². The number of aryl methyl sites for hydroxylation is 1. The molecule has 0 saturated carbocycles. The lowest BCUT2D eigenvalue weighted by atomic mass is 10.8. The van der Waals surface area contributed by atoms with E-state index in [1.165, 1.54) is 11.8 Å². The molecule has 0 radical (unpaired) electrons. The highest BCUT2D eigenvalue weighted by molar-refractivity contribution is 7.98. The van der Waals surface area contributed by atoms with Crippen molar-refractivity contribution < 1.29 is 0 Å². The number of thioether (sulfide) groups is 1. The van der Waals surface area contributed by atoms with Crippen LogP contribution >= 0.6 is 11.8 Å². The Morgan fingerprint density at radius 2 is 2.10 bits per heavy atom. The molecule has 1 heterocycles. The van der Waals surface area contributed by atoms with Gasteiger partial charge in [-0.25, -0.2) is 4.98 Å². The normalized spacial score (nSPS) is 8.20. The quantitative estimate of drug-likeness (QED) is 0.497. The van der Waals surface area contributed by atoms with Crippen LogP contribution in [0.3, 0.4) is 0 Å². The third-order valence-electron chi connectivity index (χ3n) is 0.759. The van der Waals surface area contributed by atoms with Gasteiger partial charge in [0.2, 0.25) is 5.16 Å². The lowest BCUT2D eigenvalue weighted by Crippen LogP contribution is -1.69. The molecule has 0 saturated heterocycles. The van der Waals surface area contributed by atoms with Crippen LogP contribution in [-0.4, -0.2) is 21.4 Å². The van der Waals surface area contributed by atoms with Gasteiger partial charge in [0.15, 0.2) is 0 Å². The minimum Gasteiger partial charge on any atom is -0.262 e.